The molecule has 0 spiro atoms. The maximum Gasteiger partial charge on any atom is 0.122 e. The molecule has 1 atom stereocenters. The molecule has 0 aliphatic carbocycles. The van der Waals surface area contributed by atoms with Crippen LogP contribution in [0.5, 0.6) is 5.75 Å². The molecule has 0 bridgehead atoms. The Hall–Kier alpha value is -1.06. The van der Waals surface area contributed by atoms with Gasteiger partial charge in [0.15, 0.2) is 0 Å². The molecule has 0 heterocycles. The van der Waals surface area contributed by atoms with E-state index in [0.29, 0.717) is 19.1 Å². The highest BCUT2D eigenvalue weighted by atomic mass is 16.5. The third-order valence-corrected chi connectivity index (χ3v) is 2.40. The van der Waals surface area contributed by atoms with Crippen molar-refractivity contribution in [3.8, 4) is 5.75 Å². The van der Waals surface area contributed by atoms with E-state index < -0.39 is 0 Å². The van der Waals surface area contributed by atoms with Crippen LogP contribution in [0, 0.1) is 0 Å². The molecule has 0 fully saturated rings. The summed E-state index contributed by atoms with van der Waals surface area (Å²) in [6.07, 6.45) is 0.944. The van der Waals surface area contributed by atoms with Crippen LogP contribution >= 0.6 is 0 Å². The zero-order valence-corrected chi connectivity index (χ0v) is 9.15. The van der Waals surface area contributed by atoms with Crippen molar-refractivity contribution in [2.45, 2.75) is 19.3 Å². The third-order valence-electron chi connectivity index (χ3n) is 2.40. The molecule has 1 unspecified atom stereocenters. The van der Waals surface area contributed by atoms with Crippen molar-refractivity contribution in [1.29, 1.82) is 0 Å². The summed E-state index contributed by atoms with van der Waals surface area (Å²) < 4.78 is 5.46. The molecule has 0 saturated heterocycles. The predicted molar refractivity (Wildman–Crippen MR) is 61.1 cm³/mol. The highest BCUT2D eigenvalue weighted by Gasteiger charge is 2.09. The van der Waals surface area contributed by atoms with Crippen molar-refractivity contribution in [2.75, 3.05) is 19.8 Å². The van der Waals surface area contributed by atoms with E-state index in [1.807, 2.05) is 24.3 Å². The minimum absolute atomic E-state index is 0.0413. The number of para-hydroxylation sites is 1. The van der Waals surface area contributed by atoms with Gasteiger partial charge in [-0.05, 0) is 30.5 Å². The van der Waals surface area contributed by atoms with Gasteiger partial charge in [0, 0.05) is 0 Å². The first-order valence-corrected chi connectivity index (χ1v) is 5.32. The Morgan fingerprint density at radius 1 is 1.40 bits per heavy atom. The quantitative estimate of drug-likeness (QED) is 0.746. The van der Waals surface area contributed by atoms with Gasteiger partial charge in [-0.25, -0.2) is 0 Å². The van der Waals surface area contributed by atoms with Crippen LogP contribution in [0.15, 0.2) is 24.3 Å². The maximum absolute atomic E-state index is 8.72. The highest BCUT2D eigenvalue weighted by Crippen LogP contribution is 2.28. The number of hydrogen-bond donors (Lipinski definition) is 2. The van der Waals surface area contributed by atoms with Crippen molar-refractivity contribution in [3.05, 3.63) is 29.8 Å². The number of aliphatic hydroxyl groups is 1. The summed E-state index contributed by atoms with van der Waals surface area (Å²) in [5.41, 5.74) is 6.70. The van der Waals surface area contributed by atoms with E-state index in [9.17, 15) is 0 Å². The first kappa shape index (κ1) is 12.0. The van der Waals surface area contributed by atoms with Gasteiger partial charge in [0.05, 0.1) is 6.61 Å². The SMILES string of the molecule is CC(CCN)c1ccccc1OCCO. The summed E-state index contributed by atoms with van der Waals surface area (Å²) >= 11 is 0. The maximum atomic E-state index is 8.72. The first-order valence-electron chi connectivity index (χ1n) is 5.32. The number of ether oxygens (including phenoxy) is 1. The summed E-state index contributed by atoms with van der Waals surface area (Å²) in [4.78, 5) is 0. The molecule has 0 aliphatic heterocycles. The van der Waals surface area contributed by atoms with Gasteiger partial charge in [0.25, 0.3) is 0 Å². The minimum atomic E-state index is 0.0413. The van der Waals surface area contributed by atoms with Crippen LogP contribution in [-0.4, -0.2) is 24.9 Å². The molecular formula is C12H19NO2. The number of rotatable bonds is 6. The Kier molecular flexibility index (Phi) is 5.15. The van der Waals surface area contributed by atoms with Crippen molar-refractivity contribution in [2.24, 2.45) is 5.73 Å². The lowest BCUT2D eigenvalue weighted by Crippen LogP contribution is -2.08. The fourth-order valence-corrected chi connectivity index (χ4v) is 1.58. The van der Waals surface area contributed by atoms with Crippen molar-refractivity contribution in [3.63, 3.8) is 0 Å². The predicted octanol–water partition coefficient (Wildman–Crippen LogP) is 1.51. The topological polar surface area (TPSA) is 55.5 Å². The molecule has 0 saturated carbocycles. The molecule has 3 heteroatoms. The Balaban J connectivity index is 2.75. The second kappa shape index (κ2) is 6.43. The molecule has 3 nitrogen and oxygen atoms in total. The third kappa shape index (κ3) is 3.53. The van der Waals surface area contributed by atoms with Crippen molar-refractivity contribution >= 4 is 0 Å². The van der Waals surface area contributed by atoms with Gasteiger partial charge in [-0.2, -0.15) is 0 Å². The van der Waals surface area contributed by atoms with E-state index in [1.165, 1.54) is 0 Å². The van der Waals surface area contributed by atoms with Crippen molar-refractivity contribution < 1.29 is 9.84 Å². The van der Waals surface area contributed by atoms with Gasteiger partial charge in [-0.1, -0.05) is 25.1 Å². The monoisotopic (exact) mass is 209 g/mol. The molecule has 0 amide bonds. The average Bonchev–Trinajstić information content (AvgIpc) is 2.27. The average molecular weight is 209 g/mol. The number of hydrogen-bond acceptors (Lipinski definition) is 3. The lowest BCUT2D eigenvalue weighted by atomic mass is 9.97. The molecule has 1 aromatic rings. The Morgan fingerprint density at radius 2 is 2.13 bits per heavy atom. The van der Waals surface area contributed by atoms with Gasteiger partial charge in [0.1, 0.15) is 12.4 Å². The van der Waals surface area contributed by atoms with Crippen molar-refractivity contribution in [1.82, 2.24) is 0 Å². The van der Waals surface area contributed by atoms with E-state index in [1.54, 1.807) is 0 Å². The highest BCUT2D eigenvalue weighted by molar-refractivity contribution is 5.35. The van der Waals surface area contributed by atoms with Gasteiger partial charge < -0.3 is 15.6 Å². The summed E-state index contributed by atoms with van der Waals surface area (Å²) in [6, 6.07) is 7.91. The second-order valence-electron chi connectivity index (χ2n) is 3.59. The lowest BCUT2D eigenvalue weighted by molar-refractivity contribution is 0.200. The summed E-state index contributed by atoms with van der Waals surface area (Å²) in [7, 11) is 0. The van der Waals surface area contributed by atoms with Gasteiger partial charge in [-0.15, -0.1) is 0 Å². The van der Waals surface area contributed by atoms with Crippen LogP contribution in [0.2, 0.25) is 0 Å². The number of benzene rings is 1. The van der Waals surface area contributed by atoms with Crippen LogP contribution in [0.3, 0.4) is 0 Å². The van der Waals surface area contributed by atoms with E-state index >= 15 is 0 Å². The molecule has 84 valence electrons. The van der Waals surface area contributed by atoms with Crippen LogP contribution in [-0.2, 0) is 0 Å². The minimum Gasteiger partial charge on any atom is -0.491 e. The van der Waals surface area contributed by atoms with Crippen LogP contribution in [0.4, 0.5) is 0 Å². The molecular weight excluding hydrogens is 190 g/mol. The van der Waals surface area contributed by atoms with E-state index in [0.717, 1.165) is 17.7 Å². The van der Waals surface area contributed by atoms with Gasteiger partial charge in [-0.3, -0.25) is 0 Å². The number of nitrogens with two attached hydrogens (primary N) is 1. The molecule has 0 aliphatic rings. The normalized spacial score (nSPS) is 12.5. The van der Waals surface area contributed by atoms with Crippen LogP contribution in [0.1, 0.15) is 24.8 Å². The first-order chi connectivity index (χ1) is 7.29. The Morgan fingerprint density at radius 3 is 2.80 bits per heavy atom. The molecule has 1 rings (SSSR count). The van der Waals surface area contributed by atoms with E-state index in [-0.39, 0.29) is 6.61 Å². The van der Waals surface area contributed by atoms with E-state index in [2.05, 4.69) is 6.92 Å². The smallest absolute Gasteiger partial charge is 0.122 e. The fraction of sp³-hybridized carbons (Fsp3) is 0.500. The van der Waals surface area contributed by atoms with Crippen LogP contribution in [0.25, 0.3) is 0 Å². The standard InChI is InChI=1S/C12H19NO2/c1-10(6-7-13)11-4-2-3-5-12(11)15-9-8-14/h2-5,10,14H,6-9,13H2,1H3. The lowest BCUT2D eigenvalue weighted by Gasteiger charge is -2.15. The van der Waals surface area contributed by atoms with Gasteiger partial charge >= 0.3 is 0 Å². The number of aliphatic hydroxyl groups excluding tert-OH is 1. The summed E-state index contributed by atoms with van der Waals surface area (Å²) in [5, 5.41) is 8.72. The largest absolute Gasteiger partial charge is 0.491 e. The molecule has 1 aromatic carbocycles. The fourth-order valence-electron chi connectivity index (χ4n) is 1.58. The zero-order chi connectivity index (χ0) is 11.1. The molecule has 0 aromatic heterocycles. The molecule has 15 heavy (non-hydrogen) atoms. The van der Waals surface area contributed by atoms with E-state index in [4.69, 9.17) is 15.6 Å². The second-order valence-corrected chi connectivity index (χ2v) is 3.59. The van der Waals surface area contributed by atoms with Gasteiger partial charge in [0.2, 0.25) is 0 Å². The Bertz CT molecular complexity index is 289. The summed E-state index contributed by atoms with van der Waals surface area (Å²) in [5.74, 6) is 1.25. The molecule has 0 radical (unpaired) electrons. The molecule has 3 N–H and O–H groups in total. The zero-order valence-electron chi connectivity index (χ0n) is 9.15. The summed E-state index contributed by atoms with van der Waals surface area (Å²) in [6.45, 7) is 3.19. The van der Waals surface area contributed by atoms with Crippen LogP contribution < -0.4 is 10.5 Å². The Labute approximate surface area is 90.9 Å².